The van der Waals surface area contributed by atoms with Crippen LogP contribution in [-0.2, 0) is 4.79 Å². The lowest BCUT2D eigenvalue weighted by atomic mass is 10.4. The van der Waals surface area contributed by atoms with Crippen molar-refractivity contribution in [1.82, 2.24) is 9.97 Å². The highest BCUT2D eigenvalue weighted by Crippen LogP contribution is 2.29. The van der Waals surface area contributed by atoms with E-state index >= 15 is 0 Å². The minimum Gasteiger partial charge on any atom is -0.492 e. The number of carbonyl (C=O) groups excluding carboxylic acids is 1. The number of hydrogen-bond donors (Lipinski definition) is 4. The van der Waals surface area contributed by atoms with Crippen LogP contribution >= 0.6 is 12.6 Å². The molecule has 1 heterocycles. The van der Waals surface area contributed by atoms with E-state index in [4.69, 9.17) is 10.2 Å². The van der Waals surface area contributed by atoms with Crippen LogP contribution in [0.25, 0.3) is 0 Å². The van der Waals surface area contributed by atoms with Crippen molar-refractivity contribution in [3.8, 4) is 11.8 Å². The molecule has 0 aliphatic carbocycles. The van der Waals surface area contributed by atoms with Crippen molar-refractivity contribution < 1.29 is 15.0 Å². The Morgan fingerprint density at radius 1 is 1.38 bits per heavy atom. The quantitative estimate of drug-likeness (QED) is 0.383. The largest absolute Gasteiger partial charge is 0.492 e. The number of hydrogen-bond acceptors (Lipinski definition) is 6. The van der Waals surface area contributed by atoms with Crippen LogP contribution in [0.4, 0.5) is 5.69 Å². The molecule has 13 heavy (non-hydrogen) atoms. The van der Waals surface area contributed by atoms with Gasteiger partial charge in [0, 0.05) is 6.92 Å². The maximum atomic E-state index is 10.6. The third-order valence-corrected chi connectivity index (χ3v) is 1.36. The van der Waals surface area contributed by atoms with Gasteiger partial charge in [0.25, 0.3) is 0 Å². The molecule has 0 aliphatic heterocycles. The highest BCUT2D eigenvalue weighted by Gasteiger charge is 2.12. The molecule has 1 rings (SSSR count). The molecule has 0 aliphatic rings. The van der Waals surface area contributed by atoms with Gasteiger partial charge in [-0.15, -0.1) is 12.6 Å². The van der Waals surface area contributed by atoms with Gasteiger partial charge in [0.05, 0.1) is 0 Å². The summed E-state index contributed by atoms with van der Waals surface area (Å²) in [6.45, 7) is 1.23. The number of thiol groups is 1. The topological polar surface area (TPSA) is 95.3 Å². The Morgan fingerprint density at radius 2 is 1.85 bits per heavy atom. The van der Waals surface area contributed by atoms with E-state index in [1.54, 1.807) is 0 Å². The van der Waals surface area contributed by atoms with E-state index in [0.717, 1.165) is 0 Å². The molecule has 0 aromatic carbocycles. The van der Waals surface area contributed by atoms with Crippen LogP contribution in [-0.4, -0.2) is 26.1 Å². The maximum Gasteiger partial charge on any atom is 0.243 e. The molecule has 6 nitrogen and oxygen atoms in total. The average molecular weight is 201 g/mol. The second-order valence-corrected chi connectivity index (χ2v) is 2.63. The minimum atomic E-state index is -0.521. The zero-order valence-electron chi connectivity index (χ0n) is 6.64. The molecule has 0 fully saturated rings. The molecule has 3 N–H and O–H groups in total. The average Bonchev–Trinajstić information content (AvgIpc) is 1.96. The molecule has 1 amide bonds. The van der Waals surface area contributed by atoms with Crippen molar-refractivity contribution in [1.29, 1.82) is 0 Å². The molecule has 0 spiro atoms. The van der Waals surface area contributed by atoms with E-state index in [1.807, 2.05) is 0 Å². The van der Waals surface area contributed by atoms with Crippen LogP contribution in [0.5, 0.6) is 11.8 Å². The van der Waals surface area contributed by atoms with Crippen molar-refractivity contribution in [2.24, 2.45) is 0 Å². The highest BCUT2D eigenvalue weighted by atomic mass is 32.1. The molecule has 1 aromatic rings. The molecule has 1 aromatic heterocycles. The maximum absolute atomic E-state index is 10.6. The number of amides is 1. The summed E-state index contributed by atoms with van der Waals surface area (Å²) < 4.78 is 0. The summed E-state index contributed by atoms with van der Waals surface area (Å²) in [5, 5.41) is 20.4. The summed E-state index contributed by atoms with van der Waals surface area (Å²) >= 11 is 3.71. The van der Waals surface area contributed by atoms with E-state index in [2.05, 4.69) is 27.9 Å². The standard InChI is InChI=1S/C6H7N3O3S/c1-2(10)7-3-4(11)8-6(13)9-5(3)12/h1H3,(H,7,10)(H3,8,9,11,12,13). The van der Waals surface area contributed by atoms with Gasteiger partial charge in [-0.2, -0.15) is 9.97 Å². The van der Waals surface area contributed by atoms with Gasteiger partial charge in [-0.05, 0) is 0 Å². The zero-order valence-corrected chi connectivity index (χ0v) is 7.54. The first-order valence-electron chi connectivity index (χ1n) is 3.27. The normalized spacial score (nSPS) is 9.69. The Labute approximate surface area is 79.1 Å². The van der Waals surface area contributed by atoms with E-state index in [9.17, 15) is 4.79 Å². The van der Waals surface area contributed by atoms with E-state index in [0.29, 0.717) is 0 Å². The highest BCUT2D eigenvalue weighted by molar-refractivity contribution is 7.80. The van der Waals surface area contributed by atoms with Crippen LogP contribution < -0.4 is 5.32 Å². The molecular weight excluding hydrogens is 194 g/mol. The van der Waals surface area contributed by atoms with Crippen molar-refractivity contribution >= 4 is 24.2 Å². The van der Waals surface area contributed by atoms with Gasteiger partial charge in [0.1, 0.15) is 0 Å². The van der Waals surface area contributed by atoms with Crippen LogP contribution in [0.3, 0.4) is 0 Å². The van der Waals surface area contributed by atoms with Gasteiger partial charge in [-0.3, -0.25) is 4.79 Å². The molecule has 70 valence electrons. The van der Waals surface area contributed by atoms with Gasteiger partial charge < -0.3 is 15.5 Å². The van der Waals surface area contributed by atoms with E-state index in [-0.39, 0.29) is 10.8 Å². The summed E-state index contributed by atoms with van der Waals surface area (Å²) in [4.78, 5) is 17.4. The Bertz CT molecular complexity index is 332. The lowest BCUT2D eigenvalue weighted by Gasteiger charge is -2.05. The summed E-state index contributed by atoms with van der Waals surface area (Å²) in [6, 6.07) is 0. The summed E-state index contributed by atoms with van der Waals surface area (Å²) in [5.74, 6) is -1.48. The summed E-state index contributed by atoms with van der Waals surface area (Å²) in [7, 11) is 0. The Balaban J connectivity index is 3.13. The number of nitrogens with one attached hydrogen (secondary N) is 1. The molecular formula is C6H7N3O3S. The van der Waals surface area contributed by atoms with Gasteiger partial charge in [-0.25, -0.2) is 0 Å². The number of anilines is 1. The number of nitrogens with zero attached hydrogens (tertiary/aromatic N) is 2. The lowest BCUT2D eigenvalue weighted by molar-refractivity contribution is -0.114. The van der Waals surface area contributed by atoms with Crippen molar-refractivity contribution in [2.45, 2.75) is 12.1 Å². The molecule has 0 bridgehead atoms. The van der Waals surface area contributed by atoms with Crippen molar-refractivity contribution in [3.05, 3.63) is 0 Å². The minimum absolute atomic E-state index is 0.0795. The van der Waals surface area contributed by atoms with Crippen molar-refractivity contribution in [2.75, 3.05) is 5.32 Å². The van der Waals surface area contributed by atoms with E-state index in [1.165, 1.54) is 6.92 Å². The van der Waals surface area contributed by atoms with Gasteiger partial charge >= 0.3 is 0 Å². The fraction of sp³-hybridized carbons (Fsp3) is 0.167. The second kappa shape index (κ2) is 3.48. The number of aromatic nitrogens is 2. The lowest BCUT2D eigenvalue weighted by Crippen LogP contribution is -2.07. The molecule has 0 saturated carbocycles. The predicted octanol–water partition coefficient (Wildman–Crippen LogP) is 0.135. The molecule has 7 heteroatoms. The van der Waals surface area contributed by atoms with Gasteiger partial charge in [0.15, 0.2) is 10.8 Å². The van der Waals surface area contributed by atoms with E-state index < -0.39 is 17.7 Å². The number of rotatable bonds is 1. The molecule has 0 atom stereocenters. The van der Waals surface area contributed by atoms with Crippen molar-refractivity contribution in [3.63, 3.8) is 0 Å². The van der Waals surface area contributed by atoms with Crippen LogP contribution in [0.2, 0.25) is 0 Å². The smallest absolute Gasteiger partial charge is 0.243 e. The number of carbonyl (C=O) groups is 1. The predicted molar refractivity (Wildman–Crippen MR) is 46.9 cm³/mol. The first-order valence-corrected chi connectivity index (χ1v) is 3.72. The molecule has 0 unspecified atom stereocenters. The second-order valence-electron chi connectivity index (χ2n) is 2.23. The Hall–Kier alpha value is -1.50. The monoisotopic (exact) mass is 201 g/mol. The summed E-state index contributed by atoms with van der Waals surface area (Å²) in [6.07, 6.45) is 0. The summed E-state index contributed by atoms with van der Waals surface area (Å²) in [5.41, 5.74) is -0.217. The first kappa shape index (κ1) is 9.59. The van der Waals surface area contributed by atoms with Gasteiger partial charge in [-0.1, -0.05) is 0 Å². The molecule has 0 saturated heterocycles. The molecule has 0 radical (unpaired) electrons. The Morgan fingerprint density at radius 3 is 2.23 bits per heavy atom. The van der Waals surface area contributed by atoms with Crippen LogP contribution in [0.1, 0.15) is 6.92 Å². The van der Waals surface area contributed by atoms with Gasteiger partial charge in [0.2, 0.25) is 17.7 Å². The fourth-order valence-corrected chi connectivity index (χ4v) is 0.904. The zero-order chi connectivity index (χ0) is 10.0. The third kappa shape index (κ3) is 2.22. The Kier molecular flexibility index (Phi) is 2.57. The first-order chi connectivity index (χ1) is 6.00. The number of aromatic hydroxyl groups is 2. The third-order valence-electron chi connectivity index (χ3n) is 1.16. The van der Waals surface area contributed by atoms with Crippen LogP contribution in [0, 0.1) is 0 Å². The van der Waals surface area contributed by atoms with Crippen LogP contribution in [0.15, 0.2) is 5.16 Å². The SMILES string of the molecule is CC(=O)Nc1c(O)nc(S)nc1O. The fourth-order valence-electron chi connectivity index (χ4n) is 0.714.